The molecule has 0 unspecified atom stereocenters. The number of esters is 1. The van der Waals surface area contributed by atoms with Gasteiger partial charge in [-0.1, -0.05) is 18.2 Å². The summed E-state index contributed by atoms with van der Waals surface area (Å²) >= 11 is 0. The number of amides is 1. The van der Waals surface area contributed by atoms with Gasteiger partial charge in [0.1, 0.15) is 11.3 Å². The molecule has 0 aliphatic carbocycles. The SMILES string of the molecule is CCOC(=O)c1cnn(-c2cccc(NC(=O)Cc3ccc(OC)cc3)c2)c1C. The largest absolute Gasteiger partial charge is 0.497 e. The smallest absolute Gasteiger partial charge is 0.341 e. The van der Waals surface area contributed by atoms with Crippen molar-refractivity contribution >= 4 is 17.6 Å². The zero-order chi connectivity index (χ0) is 20.8. The Balaban J connectivity index is 1.72. The highest BCUT2D eigenvalue weighted by Crippen LogP contribution is 2.19. The highest BCUT2D eigenvalue weighted by molar-refractivity contribution is 5.92. The van der Waals surface area contributed by atoms with E-state index < -0.39 is 5.97 Å². The van der Waals surface area contributed by atoms with Gasteiger partial charge in [0.25, 0.3) is 0 Å². The van der Waals surface area contributed by atoms with Crippen LogP contribution in [0.2, 0.25) is 0 Å². The Labute approximate surface area is 169 Å². The molecule has 0 radical (unpaired) electrons. The normalized spacial score (nSPS) is 10.4. The zero-order valence-electron chi connectivity index (χ0n) is 16.6. The molecule has 150 valence electrons. The fourth-order valence-corrected chi connectivity index (χ4v) is 2.93. The van der Waals surface area contributed by atoms with Crippen LogP contribution in [0.25, 0.3) is 5.69 Å². The summed E-state index contributed by atoms with van der Waals surface area (Å²) in [5, 5.41) is 7.18. The molecular formula is C22H23N3O4. The quantitative estimate of drug-likeness (QED) is 0.621. The molecule has 1 N–H and O–H groups in total. The number of aromatic nitrogens is 2. The first kappa shape index (κ1) is 20.1. The summed E-state index contributed by atoms with van der Waals surface area (Å²) in [6, 6.07) is 14.7. The lowest BCUT2D eigenvalue weighted by Gasteiger charge is -2.10. The van der Waals surface area contributed by atoms with Gasteiger partial charge in [-0.15, -0.1) is 0 Å². The number of methoxy groups -OCH3 is 1. The van der Waals surface area contributed by atoms with E-state index >= 15 is 0 Å². The molecule has 7 heteroatoms. The second-order valence-electron chi connectivity index (χ2n) is 6.40. The lowest BCUT2D eigenvalue weighted by Crippen LogP contribution is -2.14. The van der Waals surface area contributed by atoms with Crippen LogP contribution < -0.4 is 10.1 Å². The van der Waals surface area contributed by atoms with Crippen LogP contribution in [0.1, 0.15) is 28.5 Å². The molecule has 0 spiro atoms. The Bertz CT molecular complexity index is 1010. The van der Waals surface area contributed by atoms with E-state index in [0.29, 0.717) is 23.6 Å². The molecule has 1 heterocycles. The van der Waals surface area contributed by atoms with E-state index in [0.717, 1.165) is 17.0 Å². The van der Waals surface area contributed by atoms with Crippen molar-refractivity contribution in [3.8, 4) is 11.4 Å². The van der Waals surface area contributed by atoms with Gasteiger partial charge in [-0.05, 0) is 49.7 Å². The molecule has 3 aromatic rings. The Morgan fingerprint density at radius 3 is 2.59 bits per heavy atom. The maximum absolute atomic E-state index is 12.4. The van der Waals surface area contributed by atoms with Gasteiger partial charge in [0, 0.05) is 5.69 Å². The second kappa shape index (κ2) is 9.05. The lowest BCUT2D eigenvalue weighted by molar-refractivity contribution is -0.115. The van der Waals surface area contributed by atoms with Crippen molar-refractivity contribution in [2.75, 3.05) is 19.0 Å². The second-order valence-corrected chi connectivity index (χ2v) is 6.40. The van der Waals surface area contributed by atoms with Gasteiger partial charge in [0.2, 0.25) is 5.91 Å². The molecule has 7 nitrogen and oxygen atoms in total. The van der Waals surface area contributed by atoms with E-state index in [1.54, 1.807) is 37.8 Å². The molecule has 0 saturated heterocycles. The Morgan fingerprint density at radius 1 is 1.14 bits per heavy atom. The Morgan fingerprint density at radius 2 is 1.90 bits per heavy atom. The van der Waals surface area contributed by atoms with E-state index in [4.69, 9.17) is 9.47 Å². The molecule has 1 amide bonds. The van der Waals surface area contributed by atoms with Crippen LogP contribution in [0.4, 0.5) is 5.69 Å². The molecule has 1 aromatic heterocycles. The average Bonchev–Trinajstić information content (AvgIpc) is 3.10. The first-order chi connectivity index (χ1) is 14.0. The number of rotatable bonds is 7. The van der Waals surface area contributed by atoms with Gasteiger partial charge in [-0.25, -0.2) is 9.48 Å². The number of anilines is 1. The minimum absolute atomic E-state index is 0.128. The van der Waals surface area contributed by atoms with Crippen LogP contribution in [-0.2, 0) is 16.0 Å². The summed E-state index contributed by atoms with van der Waals surface area (Å²) < 4.78 is 11.8. The van der Waals surface area contributed by atoms with Crippen LogP contribution in [0, 0.1) is 6.92 Å². The fourth-order valence-electron chi connectivity index (χ4n) is 2.93. The molecule has 0 bridgehead atoms. The molecule has 0 atom stereocenters. The number of nitrogens with zero attached hydrogens (tertiary/aromatic N) is 2. The van der Waals surface area contributed by atoms with Crippen molar-refractivity contribution in [1.29, 1.82) is 0 Å². The fraction of sp³-hybridized carbons (Fsp3) is 0.227. The molecule has 0 fully saturated rings. The lowest BCUT2D eigenvalue weighted by atomic mass is 10.1. The third kappa shape index (κ3) is 4.82. The monoisotopic (exact) mass is 393 g/mol. The van der Waals surface area contributed by atoms with E-state index in [1.807, 2.05) is 36.4 Å². The Hall–Kier alpha value is -3.61. The first-order valence-corrected chi connectivity index (χ1v) is 9.26. The minimum atomic E-state index is -0.403. The first-order valence-electron chi connectivity index (χ1n) is 9.26. The molecule has 0 saturated carbocycles. The number of nitrogens with one attached hydrogen (secondary N) is 1. The van der Waals surface area contributed by atoms with Crippen LogP contribution in [-0.4, -0.2) is 35.4 Å². The molecular weight excluding hydrogens is 370 g/mol. The highest BCUT2D eigenvalue weighted by Gasteiger charge is 2.16. The maximum Gasteiger partial charge on any atom is 0.341 e. The van der Waals surface area contributed by atoms with Gasteiger partial charge in [0.05, 0.1) is 37.7 Å². The van der Waals surface area contributed by atoms with E-state index in [-0.39, 0.29) is 12.3 Å². The number of benzene rings is 2. The van der Waals surface area contributed by atoms with Crippen molar-refractivity contribution in [3.05, 3.63) is 71.5 Å². The summed E-state index contributed by atoms with van der Waals surface area (Å²) in [4.78, 5) is 24.4. The van der Waals surface area contributed by atoms with Gasteiger partial charge in [0.15, 0.2) is 0 Å². The predicted molar refractivity (Wildman–Crippen MR) is 110 cm³/mol. The van der Waals surface area contributed by atoms with Crippen molar-refractivity contribution in [2.45, 2.75) is 20.3 Å². The molecule has 29 heavy (non-hydrogen) atoms. The van der Waals surface area contributed by atoms with Crippen LogP contribution in [0.15, 0.2) is 54.7 Å². The minimum Gasteiger partial charge on any atom is -0.497 e. The summed E-state index contributed by atoms with van der Waals surface area (Å²) in [7, 11) is 1.60. The predicted octanol–water partition coefficient (Wildman–Crippen LogP) is 3.55. The summed E-state index contributed by atoms with van der Waals surface area (Å²) in [6.45, 7) is 3.86. The van der Waals surface area contributed by atoms with Crippen LogP contribution in [0.3, 0.4) is 0 Å². The number of carbonyl (C=O) groups excluding carboxylic acids is 2. The van der Waals surface area contributed by atoms with E-state index in [2.05, 4.69) is 10.4 Å². The zero-order valence-corrected chi connectivity index (χ0v) is 16.6. The summed E-state index contributed by atoms with van der Waals surface area (Å²) in [5.41, 5.74) is 3.36. The number of hydrogen-bond donors (Lipinski definition) is 1. The van der Waals surface area contributed by atoms with Gasteiger partial charge in [-0.2, -0.15) is 5.10 Å². The summed E-state index contributed by atoms with van der Waals surface area (Å²) in [5.74, 6) is 0.218. The number of hydrogen-bond acceptors (Lipinski definition) is 5. The average molecular weight is 393 g/mol. The van der Waals surface area contributed by atoms with Crippen molar-refractivity contribution in [1.82, 2.24) is 9.78 Å². The van der Waals surface area contributed by atoms with Crippen LogP contribution in [0.5, 0.6) is 5.75 Å². The molecule has 0 aliphatic heterocycles. The highest BCUT2D eigenvalue weighted by atomic mass is 16.5. The molecule has 3 rings (SSSR count). The van der Waals surface area contributed by atoms with Crippen molar-refractivity contribution < 1.29 is 19.1 Å². The third-order valence-electron chi connectivity index (χ3n) is 4.40. The standard InChI is InChI=1S/C22H23N3O4/c1-4-29-22(27)20-14-23-25(15(20)2)18-7-5-6-17(13-18)24-21(26)12-16-8-10-19(28-3)11-9-16/h5-11,13-14H,4,12H2,1-3H3,(H,24,26). The van der Waals surface area contributed by atoms with E-state index in [9.17, 15) is 9.59 Å². The van der Waals surface area contributed by atoms with Gasteiger partial charge >= 0.3 is 5.97 Å². The molecule has 2 aromatic carbocycles. The summed E-state index contributed by atoms with van der Waals surface area (Å²) in [6.07, 6.45) is 1.74. The maximum atomic E-state index is 12.4. The van der Waals surface area contributed by atoms with Crippen molar-refractivity contribution in [2.24, 2.45) is 0 Å². The van der Waals surface area contributed by atoms with Crippen molar-refractivity contribution in [3.63, 3.8) is 0 Å². The van der Waals surface area contributed by atoms with Gasteiger partial charge < -0.3 is 14.8 Å². The Kier molecular flexibility index (Phi) is 6.29. The number of carbonyl (C=O) groups is 2. The number of ether oxygens (including phenoxy) is 2. The van der Waals surface area contributed by atoms with Gasteiger partial charge in [-0.3, -0.25) is 4.79 Å². The topological polar surface area (TPSA) is 82.5 Å². The van der Waals surface area contributed by atoms with Crippen LogP contribution >= 0.6 is 0 Å². The third-order valence-corrected chi connectivity index (χ3v) is 4.40. The molecule has 0 aliphatic rings. The van der Waals surface area contributed by atoms with E-state index in [1.165, 1.54) is 6.20 Å².